The average molecular weight is 275 g/mol. The molecule has 1 aromatic carbocycles. The maximum absolute atomic E-state index is 9.65. The van der Waals surface area contributed by atoms with Crippen LogP contribution >= 0.6 is 0 Å². The third kappa shape index (κ3) is 2.99. The van der Waals surface area contributed by atoms with Crippen molar-refractivity contribution >= 4 is 0 Å². The van der Waals surface area contributed by atoms with E-state index in [0.717, 1.165) is 44.6 Å². The van der Waals surface area contributed by atoms with Crippen LogP contribution in [0.5, 0.6) is 5.75 Å². The molecule has 2 aliphatic rings. The zero-order valence-corrected chi connectivity index (χ0v) is 12.5. The Balaban J connectivity index is 1.52. The van der Waals surface area contributed by atoms with Crippen LogP contribution in [0, 0.1) is 12.8 Å². The second-order valence-electron chi connectivity index (χ2n) is 6.43. The van der Waals surface area contributed by atoms with E-state index in [1.165, 1.54) is 11.1 Å². The van der Waals surface area contributed by atoms with Gasteiger partial charge in [0.1, 0.15) is 11.9 Å². The summed E-state index contributed by atoms with van der Waals surface area (Å²) in [6, 6.07) is 6.47. The fraction of sp³-hybridized carbons (Fsp3) is 0.647. The molecule has 0 saturated carbocycles. The van der Waals surface area contributed by atoms with Crippen molar-refractivity contribution in [2.45, 2.75) is 45.3 Å². The molecule has 1 aromatic rings. The maximum atomic E-state index is 9.65. The zero-order chi connectivity index (χ0) is 14.1. The molecule has 2 unspecified atom stereocenters. The van der Waals surface area contributed by atoms with Gasteiger partial charge in [-0.3, -0.25) is 4.90 Å². The van der Waals surface area contributed by atoms with Gasteiger partial charge in [-0.05, 0) is 57.3 Å². The summed E-state index contributed by atoms with van der Waals surface area (Å²) in [6.07, 6.45) is 3.39. The lowest BCUT2D eigenvalue weighted by Crippen LogP contribution is -2.42. The van der Waals surface area contributed by atoms with Crippen LogP contribution in [-0.4, -0.2) is 41.8 Å². The smallest absolute Gasteiger partial charge is 0.123 e. The number of aryl methyl sites for hydroxylation is 1. The van der Waals surface area contributed by atoms with Crippen molar-refractivity contribution < 1.29 is 9.84 Å². The highest BCUT2D eigenvalue weighted by Gasteiger charge is 2.28. The van der Waals surface area contributed by atoms with Crippen LogP contribution in [-0.2, 0) is 6.42 Å². The van der Waals surface area contributed by atoms with Crippen molar-refractivity contribution in [1.82, 2.24) is 4.90 Å². The summed E-state index contributed by atoms with van der Waals surface area (Å²) in [5, 5.41) is 9.65. The fourth-order valence-corrected chi connectivity index (χ4v) is 3.46. The van der Waals surface area contributed by atoms with E-state index in [1.54, 1.807) is 0 Å². The van der Waals surface area contributed by atoms with Crippen LogP contribution in [0.25, 0.3) is 0 Å². The van der Waals surface area contributed by atoms with Gasteiger partial charge in [0.15, 0.2) is 0 Å². The second-order valence-corrected chi connectivity index (χ2v) is 6.43. The van der Waals surface area contributed by atoms with E-state index in [4.69, 9.17) is 4.74 Å². The number of benzene rings is 1. The number of fused-ring (bicyclic) bond motifs is 1. The Morgan fingerprint density at radius 2 is 2.10 bits per heavy atom. The minimum absolute atomic E-state index is 0.160. The average Bonchev–Trinajstić information content (AvgIpc) is 2.80. The van der Waals surface area contributed by atoms with Gasteiger partial charge in [-0.15, -0.1) is 0 Å². The molecule has 110 valence electrons. The number of aliphatic hydroxyl groups excluding tert-OH is 1. The quantitative estimate of drug-likeness (QED) is 0.919. The van der Waals surface area contributed by atoms with Crippen LogP contribution < -0.4 is 4.74 Å². The van der Waals surface area contributed by atoms with E-state index in [-0.39, 0.29) is 6.10 Å². The van der Waals surface area contributed by atoms with Crippen LogP contribution in [0.2, 0.25) is 0 Å². The molecule has 0 aliphatic carbocycles. The van der Waals surface area contributed by atoms with Crippen LogP contribution in [0.1, 0.15) is 30.9 Å². The van der Waals surface area contributed by atoms with Crippen LogP contribution in [0.15, 0.2) is 18.2 Å². The minimum Gasteiger partial charge on any atom is -0.488 e. The molecule has 0 bridgehead atoms. The van der Waals surface area contributed by atoms with Gasteiger partial charge in [0.25, 0.3) is 0 Å². The molecule has 0 spiro atoms. The first-order valence-electron chi connectivity index (χ1n) is 7.78. The molecule has 0 aromatic heterocycles. The largest absolute Gasteiger partial charge is 0.488 e. The van der Waals surface area contributed by atoms with Crippen molar-refractivity contribution in [3.05, 3.63) is 29.3 Å². The number of rotatable bonds is 3. The summed E-state index contributed by atoms with van der Waals surface area (Å²) >= 11 is 0. The van der Waals surface area contributed by atoms with E-state index in [0.29, 0.717) is 12.0 Å². The molecule has 20 heavy (non-hydrogen) atoms. The standard InChI is InChI=1S/C17H25NO2/c1-12-3-4-17-15(9-12)10-16(20-17)11-18-7-5-14(6-8-18)13(2)19/h3-4,9,13-14,16,19H,5-8,10-11H2,1-2H3. The van der Waals surface area contributed by atoms with Gasteiger partial charge in [0.05, 0.1) is 6.10 Å². The number of ether oxygens (including phenoxy) is 1. The van der Waals surface area contributed by atoms with Crippen molar-refractivity contribution in [3.8, 4) is 5.75 Å². The summed E-state index contributed by atoms with van der Waals surface area (Å²) in [5.74, 6) is 1.55. The molecule has 2 heterocycles. The first-order valence-corrected chi connectivity index (χ1v) is 7.78. The zero-order valence-electron chi connectivity index (χ0n) is 12.5. The molecule has 3 heteroatoms. The van der Waals surface area contributed by atoms with Gasteiger partial charge >= 0.3 is 0 Å². The molecular weight excluding hydrogens is 250 g/mol. The summed E-state index contributed by atoms with van der Waals surface area (Å²) < 4.78 is 6.05. The Labute approximate surface area is 121 Å². The highest BCUT2D eigenvalue weighted by Crippen LogP contribution is 2.30. The Bertz CT molecular complexity index is 464. The molecule has 2 aliphatic heterocycles. The number of hydrogen-bond donors (Lipinski definition) is 1. The molecule has 1 saturated heterocycles. The highest BCUT2D eigenvalue weighted by atomic mass is 16.5. The van der Waals surface area contributed by atoms with Crippen molar-refractivity contribution in [1.29, 1.82) is 0 Å². The molecule has 0 amide bonds. The van der Waals surface area contributed by atoms with Gasteiger partial charge in [0.2, 0.25) is 0 Å². The summed E-state index contributed by atoms with van der Waals surface area (Å²) in [6.45, 7) is 7.24. The normalized spacial score (nSPS) is 25.2. The van der Waals surface area contributed by atoms with E-state index in [2.05, 4.69) is 30.0 Å². The van der Waals surface area contributed by atoms with Gasteiger partial charge in [-0.2, -0.15) is 0 Å². The minimum atomic E-state index is -0.160. The van der Waals surface area contributed by atoms with Crippen molar-refractivity contribution in [2.24, 2.45) is 5.92 Å². The lowest BCUT2D eigenvalue weighted by atomic mass is 9.92. The molecule has 3 rings (SSSR count). The molecule has 2 atom stereocenters. The van der Waals surface area contributed by atoms with E-state index >= 15 is 0 Å². The van der Waals surface area contributed by atoms with Crippen molar-refractivity contribution in [3.63, 3.8) is 0 Å². The van der Waals surface area contributed by atoms with Crippen LogP contribution in [0.4, 0.5) is 0 Å². The van der Waals surface area contributed by atoms with Gasteiger partial charge in [0, 0.05) is 13.0 Å². The summed E-state index contributed by atoms with van der Waals surface area (Å²) in [4.78, 5) is 2.49. The predicted octanol–water partition coefficient (Wildman–Crippen LogP) is 2.39. The third-order valence-corrected chi connectivity index (χ3v) is 4.73. The molecule has 1 N–H and O–H groups in total. The Kier molecular flexibility index (Phi) is 3.99. The third-order valence-electron chi connectivity index (χ3n) is 4.73. The predicted molar refractivity (Wildman–Crippen MR) is 80.1 cm³/mol. The summed E-state index contributed by atoms with van der Waals surface area (Å²) in [5.41, 5.74) is 2.67. The molecular formula is C17H25NO2. The van der Waals surface area contributed by atoms with Crippen molar-refractivity contribution in [2.75, 3.05) is 19.6 Å². The first kappa shape index (κ1) is 13.9. The van der Waals surface area contributed by atoms with Crippen LogP contribution in [0.3, 0.4) is 0 Å². The Hall–Kier alpha value is -1.06. The molecule has 1 fully saturated rings. The number of aliphatic hydroxyl groups is 1. The Morgan fingerprint density at radius 3 is 2.80 bits per heavy atom. The summed E-state index contributed by atoms with van der Waals surface area (Å²) in [7, 11) is 0. The van der Waals surface area contributed by atoms with E-state index in [1.807, 2.05) is 6.92 Å². The SMILES string of the molecule is Cc1ccc2c(c1)CC(CN1CCC(C(C)O)CC1)O2. The van der Waals surface area contributed by atoms with E-state index < -0.39 is 0 Å². The molecule has 3 nitrogen and oxygen atoms in total. The lowest BCUT2D eigenvalue weighted by molar-refractivity contribution is 0.0578. The maximum Gasteiger partial charge on any atom is 0.123 e. The van der Waals surface area contributed by atoms with Gasteiger partial charge in [-0.25, -0.2) is 0 Å². The number of piperidine rings is 1. The topological polar surface area (TPSA) is 32.7 Å². The highest BCUT2D eigenvalue weighted by molar-refractivity contribution is 5.40. The number of nitrogens with zero attached hydrogens (tertiary/aromatic N) is 1. The van der Waals surface area contributed by atoms with Gasteiger partial charge < -0.3 is 9.84 Å². The van der Waals surface area contributed by atoms with E-state index in [9.17, 15) is 5.11 Å². The van der Waals surface area contributed by atoms with Gasteiger partial charge in [-0.1, -0.05) is 17.7 Å². The fourth-order valence-electron chi connectivity index (χ4n) is 3.46. The second kappa shape index (κ2) is 5.74. The number of hydrogen-bond acceptors (Lipinski definition) is 3. The lowest BCUT2D eigenvalue weighted by Gasteiger charge is -2.34. The number of likely N-dealkylation sites (tertiary alicyclic amines) is 1. The Morgan fingerprint density at radius 1 is 1.35 bits per heavy atom. The monoisotopic (exact) mass is 275 g/mol. The molecule has 0 radical (unpaired) electrons. The first-order chi connectivity index (χ1) is 9.61.